The van der Waals surface area contributed by atoms with E-state index < -0.39 is 6.36 Å². The molecule has 0 spiro atoms. The Morgan fingerprint density at radius 3 is 2.07 bits per heavy atom. The molecule has 2 rings (SSSR count). The molecule has 1 aromatic rings. The van der Waals surface area contributed by atoms with Crippen LogP contribution in [-0.4, -0.2) is 51.1 Å². The predicted molar refractivity (Wildman–Crippen MR) is 118 cm³/mol. The number of hydrogen-bond donors (Lipinski definition) is 0. The molecule has 6 heteroatoms. The molecule has 1 fully saturated rings. The van der Waals surface area contributed by atoms with Crippen LogP contribution in [0, 0.1) is 0 Å². The first-order valence-corrected chi connectivity index (χ1v) is 10.3. The largest absolute Gasteiger partial charge is 0.522 e. The molecule has 1 aromatic carbocycles. The van der Waals surface area contributed by atoms with Crippen molar-refractivity contribution in [2.75, 3.05) is 44.7 Å². The first-order chi connectivity index (χ1) is 13.9. The number of likely N-dealkylation sites (N-methyl/N-ethyl adjacent to an activating group) is 1. The van der Waals surface area contributed by atoms with Gasteiger partial charge in [-0.3, -0.25) is 4.74 Å². The number of ether oxygens (including phenoxy) is 1. The lowest BCUT2D eigenvalue weighted by Crippen LogP contribution is -2.44. The molecular formula is C23H37F3N2O. The summed E-state index contributed by atoms with van der Waals surface area (Å²) in [7, 11) is 2.14. The maximum atomic E-state index is 11.9. The van der Waals surface area contributed by atoms with Crippen LogP contribution < -0.4 is 4.90 Å². The van der Waals surface area contributed by atoms with E-state index >= 15 is 0 Å². The van der Waals surface area contributed by atoms with Crippen molar-refractivity contribution in [2.24, 2.45) is 0 Å². The van der Waals surface area contributed by atoms with E-state index in [2.05, 4.69) is 59.0 Å². The van der Waals surface area contributed by atoms with Crippen molar-refractivity contribution in [3.63, 3.8) is 0 Å². The second kappa shape index (κ2) is 15.1. The minimum atomic E-state index is -4.53. The summed E-state index contributed by atoms with van der Waals surface area (Å²) in [4.78, 5) is 4.71. The first-order valence-electron chi connectivity index (χ1n) is 10.3. The summed E-state index contributed by atoms with van der Waals surface area (Å²) in [6.45, 7) is 15.9. The zero-order valence-corrected chi connectivity index (χ0v) is 18.4. The molecule has 0 amide bonds. The highest BCUT2D eigenvalue weighted by Gasteiger charge is 2.28. The Bertz CT molecular complexity index is 562. The summed E-state index contributed by atoms with van der Waals surface area (Å²) < 4.78 is 39.6. The van der Waals surface area contributed by atoms with Gasteiger partial charge in [0.2, 0.25) is 0 Å². The van der Waals surface area contributed by atoms with Crippen LogP contribution in [0.25, 0.3) is 5.57 Å². The third kappa shape index (κ3) is 11.1. The summed E-state index contributed by atoms with van der Waals surface area (Å²) in [5, 5.41) is 0. The molecular weight excluding hydrogens is 377 g/mol. The van der Waals surface area contributed by atoms with Crippen molar-refractivity contribution in [2.45, 2.75) is 46.4 Å². The summed E-state index contributed by atoms with van der Waals surface area (Å²) in [5.74, 6) is 0. The Balaban J connectivity index is 0.00000184. The topological polar surface area (TPSA) is 15.7 Å². The Labute approximate surface area is 174 Å². The molecule has 0 aliphatic carbocycles. The van der Waals surface area contributed by atoms with Gasteiger partial charge in [-0.05, 0) is 56.5 Å². The highest BCUT2D eigenvalue weighted by atomic mass is 19.4. The highest BCUT2D eigenvalue weighted by molar-refractivity contribution is 5.67. The minimum Gasteiger partial charge on any atom is -0.369 e. The summed E-state index contributed by atoms with van der Waals surface area (Å²) in [6, 6.07) is 8.48. The number of rotatable bonds is 7. The van der Waals surface area contributed by atoms with Crippen LogP contribution in [0.5, 0.6) is 0 Å². The molecule has 0 atom stereocenters. The monoisotopic (exact) mass is 414 g/mol. The Morgan fingerprint density at radius 2 is 1.59 bits per heavy atom. The lowest BCUT2D eigenvalue weighted by molar-refractivity contribution is -0.324. The average Bonchev–Trinajstić information content (AvgIpc) is 2.74. The summed E-state index contributed by atoms with van der Waals surface area (Å²) >= 11 is 0. The van der Waals surface area contributed by atoms with Gasteiger partial charge in [-0.1, -0.05) is 32.1 Å². The van der Waals surface area contributed by atoms with E-state index in [0.29, 0.717) is 12.8 Å². The number of hydrogen-bond acceptors (Lipinski definition) is 3. The average molecular weight is 415 g/mol. The zero-order valence-electron chi connectivity index (χ0n) is 18.4. The Morgan fingerprint density at radius 1 is 1.03 bits per heavy atom. The fourth-order valence-corrected chi connectivity index (χ4v) is 3.01. The van der Waals surface area contributed by atoms with E-state index in [1.54, 1.807) is 0 Å². The zero-order chi connectivity index (χ0) is 22.3. The SMILES string of the molecule is C/C=C(\CCCCOC(F)(F)F)c1ccc(N2CCN(C)CC2)cc1.C=C.CC. The molecule has 0 aromatic heterocycles. The molecule has 1 aliphatic heterocycles. The van der Waals surface area contributed by atoms with Gasteiger partial charge in [0, 0.05) is 31.9 Å². The van der Waals surface area contributed by atoms with Crippen molar-refractivity contribution < 1.29 is 17.9 Å². The van der Waals surface area contributed by atoms with Crippen molar-refractivity contribution in [3.8, 4) is 0 Å². The quantitative estimate of drug-likeness (QED) is 0.380. The number of allylic oxidation sites excluding steroid dienone is 2. The summed E-state index contributed by atoms with van der Waals surface area (Å²) in [6.07, 6.45) is -0.657. The Hall–Kier alpha value is -1.79. The van der Waals surface area contributed by atoms with Crippen molar-refractivity contribution in [3.05, 3.63) is 49.1 Å². The van der Waals surface area contributed by atoms with Gasteiger partial charge in [0.1, 0.15) is 0 Å². The van der Waals surface area contributed by atoms with Crippen LogP contribution in [0.3, 0.4) is 0 Å². The second-order valence-corrected chi connectivity index (χ2v) is 6.40. The molecule has 29 heavy (non-hydrogen) atoms. The van der Waals surface area contributed by atoms with E-state index in [-0.39, 0.29) is 6.61 Å². The predicted octanol–water partition coefficient (Wildman–Crippen LogP) is 6.38. The van der Waals surface area contributed by atoms with Crippen LogP contribution in [0.1, 0.15) is 45.6 Å². The first kappa shape index (κ1) is 27.2. The van der Waals surface area contributed by atoms with Crippen molar-refractivity contribution in [1.29, 1.82) is 0 Å². The molecule has 1 saturated heterocycles. The van der Waals surface area contributed by atoms with Gasteiger partial charge in [-0.15, -0.1) is 26.3 Å². The van der Waals surface area contributed by atoms with Gasteiger partial charge < -0.3 is 9.80 Å². The third-order valence-corrected chi connectivity index (χ3v) is 4.56. The second-order valence-electron chi connectivity index (χ2n) is 6.40. The van der Waals surface area contributed by atoms with Crippen LogP contribution in [0.15, 0.2) is 43.5 Å². The molecule has 1 aliphatic rings. The van der Waals surface area contributed by atoms with Gasteiger partial charge in [-0.2, -0.15) is 0 Å². The summed E-state index contributed by atoms with van der Waals surface area (Å²) in [5.41, 5.74) is 3.53. The van der Waals surface area contributed by atoms with Crippen molar-refractivity contribution >= 4 is 11.3 Å². The Kier molecular flexibility index (Phi) is 14.2. The number of benzene rings is 1. The van der Waals surface area contributed by atoms with Crippen LogP contribution in [-0.2, 0) is 4.74 Å². The molecule has 0 radical (unpaired) electrons. The normalized spacial score (nSPS) is 15.1. The number of unbranched alkanes of at least 4 members (excludes halogenated alkanes) is 1. The maximum Gasteiger partial charge on any atom is 0.522 e. The van der Waals surface area contributed by atoms with E-state index in [0.717, 1.165) is 43.7 Å². The third-order valence-electron chi connectivity index (χ3n) is 4.56. The van der Waals surface area contributed by atoms with Crippen LogP contribution in [0.2, 0.25) is 0 Å². The highest BCUT2D eigenvalue weighted by Crippen LogP contribution is 2.25. The van der Waals surface area contributed by atoms with E-state index in [9.17, 15) is 13.2 Å². The molecule has 0 unspecified atom stereocenters. The van der Waals surface area contributed by atoms with Crippen molar-refractivity contribution in [1.82, 2.24) is 4.90 Å². The van der Waals surface area contributed by atoms with E-state index in [1.165, 1.54) is 5.69 Å². The smallest absolute Gasteiger partial charge is 0.369 e. The minimum absolute atomic E-state index is 0.275. The molecule has 0 N–H and O–H groups in total. The lowest BCUT2D eigenvalue weighted by atomic mass is 9.99. The van der Waals surface area contributed by atoms with Gasteiger partial charge in [0.05, 0.1) is 6.61 Å². The fourth-order valence-electron chi connectivity index (χ4n) is 3.01. The lowest BCUT2D eigenvalue weighted by Gasteiger charge is -2.34. The van der Waals surface area contributed by atoms with E-state index in [4.69, 9.17) is 0 Å². The molecule has 1 heterocycles. The number of alkyl halides is 3. The fraction of sp³-hybridized carbons (Fsp3) is 0.565. The number of piperazine rings is 1. The van der Waals surface area contributed by atoms with Gasteiger partial charge in [0.25, 0.3) is 0 Å². The van der Waals surface area contributed by atoms with Gasteiger partial charge in [0.15, 0.2) is 0 Å². The molecule has 0 bridgehead atoms. The number of nitrogens with zero attached hydrogens (tertiary/aromatic N) is 2. The van der Waals surface area contributed by atoms with E-state index in [1.807, 2.05) is 26.8 Å². The number of halogens is 3. The molecule has 166 valence electrons. The van der Waals surface area contributed by atoms with Gasteiger partial charge >= 0.3 is 6.36 Å². The van der Waals surface area contributed by atoms with Crippen LogP contribution >= 0.6 is 0 Å². The van der Waals surface area contributed by atoms with Crippen LogP contribution in [0.4, 0.5) is 18.9 Å². The molecule has 3 nitrogen and oxygen atoms in total. The number of anilines is 1. The molecule has 0 saturated carbocycles. The standard InChI is InChI=1S/C19H27F3N2O.C2H6.C2H4/c1-3-16(6-4-5-15-25-19(20,21)22)17-7-9-18(10-8-17)24-13-11-23(2)12-14-24;2*1-2/h3,7-10H,4-6,11-15H2,1-2H3;1-2H3;1-2H2/b16-3+;;. The maximum absolute atomic E-state index is 11.9. The van der Waals surface area contributed by atoms with Gasteiger partial charge in [-0.25, -0.2) is 0 Å².